The summed E-state index contributed by atoms with van der Waals surface area (Å²) in [7, 11) is 0. The smallest absolute Gasteiger partial charge is 0.0726 e. The molecule has 5 fully saturated rings. The van der Waals surface area contributed by atoms with E-state index in [1.807, 2.05) is 0 Å². The lowest BCUT2D eigenvalue weighted by Gasteiger charge is -2.48. The van der Waals surface area contributed by atoms with Crippen LogP contribution in [0.5, 0.6) is 0 Å². The first-order chi connectivity index (χ1) is 34.1. The van der Waals surface area contributed by atoms with Crippen LogP contribution in [0.3, 0.4) is 0 Å². The molecule has 8 atom stereocenters. The zero-order valence-electron chi connectivity index (χ0n) is 39.4. The third-order valence-electron chi connectivity index (χ3n) is 20.8. The van der Waals surface area contributed by atoms with Gasteiger partial charge >= 0.3 is 0 Å². The maximum Gasteiger partial charge on any atom is 0.0726 e. The maximum atomic E-state index is 2.87. The second kappa shape index (κ2) is 13.7. The van der Waals surface area contributed by atoms with Crippen LogP contribution in [0.1, 0.15) is 132 Å². The van der Waals surface area contributed by atoms with Gasteiger partial charge in [0.15, 0.2) is 0 Å². The quantitative estimate of drug-likeness (QED) is 0.166. The van der Waals surface area contributed by atoms with Crippen LogP contribution in [-0.4, -0.2) is 0 Å². The van der Waals surface area contributed by atoms with Gasteiger partial charge in [-0.15, -0.1) is 0 Å². The van der Waals surface area contributed by atoms with Crippen LogP contribution in [0.15, 0.2) is 176 Å². The van der Waals surface area contributed by atoms with Crippen LogP contribution in [0, 0.1) is 29.1 Å². The van der Waals surface area contributed by atoms with Gasteiger partial charge in [0.05, 0.1) is 11.1 Å². The van der Waals surface area contributed by atoms with E-state index in [1.54, 1.807) is 44.5 Å². The van der Waals surface area contributed by atoms with Gasteiger partial charge in [-0.05, 0) is 231 Å². The van der Waals surface area contributed by atoms with Crippen LogP contribution < -0.4 is 4.90 Å². The Kier molecular flexibility index (Phi) is 7.61. The Morgan fingerprint density at radius 1 is 0.348 bits per heavy atom. The fraction of sp³-hybridized carbons (Fsp3) is 0.294. The molecule has 5 saturated carbocycles. The molecule has 334 valence electrons. The summed E-state index contributed by atoms with van der Waals surface area (Å²) < 4.78 is 0. The molecule has 0 amide bonds. The molecule has 7 bridgehead atoms. The zero-order valence-corrected chi connectivity index (χ0v) is 39.4. The normalized spacial score (nSPS) is 30.1. The highest BCUT2D eigenvalue weighted by Gasteiger charge is 2.66. The van der Waals surface area contributed by atoms with E-state index >= 15 is 0 Å². The third kappa shape index (κ3) is 5.02. The Hall–Kier alpha value is -6.44. The summed E-state index contributed by atoms with van der Waals surface area (Å²) in [6.45, 7) is 0. The van der Waals surface area contributed by atoms with Crippen molar-refractivity contribution in [3.63, 3.8) is 0 Å². The van der Waals surface area contributed by atoms with Gasteiger partial charge in [-0.1, -0.05) is 146 Å². The molecule has 10 aliphatic rings. The molecule has 10 aliphatic carbocycles. The van der Waals surface area contributed by atoms with Crippen molar-refractivity contribution in [1.82, 2.24) is 0 Å². The summed E-state index contributed by atoms with van der Waals surface area (Å²) in [6.07, 6.45) is 14.3. The standard InChI is InChI=1S/C68H57N/c1-3-10-42(11-4-1)44-18-22-52(23-19-44)69(53-24-20-45(21-25-53)43-12-5-2-6-13-43)65-17-9-16-62-66(65)54-14-7-8-15-61(54)68(62)63-36-57-47-29-40-26-41(30-47)28-46(27-40)55(57)34-59(63)60-35-56-48-31-50-33-51-32-49(39-67(50,51)38-48)58(56)37-64(60)68/h1-25,34-37,40-41,46-51H,26-33,38-39H2. The Bertz CT molecular complexity index is 3360. The summed E-state index contributed by atoms with van der Waals surface area (Å²) in [4.78, 5) is 2.57. The highest BCUT2D eigenvalue weighted by atomic mass is 15.1. The molecule has 0 radical (unpaired) electrons. The second-order valence-electron chi connectivity index (χ2n) is 23.7. The molecule has 0 N–H and O–H groups in total. The van der Waals surface area contributed by atoms with Crippen LogP contribution in [0.2, 0.25) is 0 Å². The Balaban J connectivity index is 0.920. The van der Waals surface area contributed by atoms with Gasteiger partial charge in [0, 0.05) is 16.9 Å². The lowest BCUT2D eigenvalue weighted by molar-refractivity contribution is 0.00322. The molecular formula is C68H57N. The summed E-state index contributed by atoms with van der Waals surface area (Å²) in [5.41, 5.74) is 27.7. The van der Waals surface area contributed by atoms with E-state index in [-0.39, 0.29) is 0 Å². The molecule has 1 nitrogen and oxygen atoms in total. The number of rotatable bonds is 5. The topological polar surface area (TPSA) is 3.24 Å². The number of benzene rings is 8. The van der Waals surface area contributed by atoms with Crippen molar-refractivity contribution in [2.75, 3.05) is 4.90 Å². The number of anilines is 3. The predicted molar refractivity (Wildman–Crippen MR) is 282 cm³/mol. The summed E-state index contributed by atoms with van der Waals surface area (Å²) >= 11 is 0. The first-order valence-electron chi connectivity index (χ1n) is 26.8. The molecular weight excluding hydrogens is 831 g/mol. The van der Waals surface area contributed by atoms with Crippen molar-refractivity contribution in [2.45, 2.75) is 93.3 Å². The van der Waals surface area contributed by atoms with E-state index in [0.717, 1.165) is 29.6 Å². The molecule has 8 aromatic rings. The SMILES string of the molecule is c1ccc(-c2ccc(N(c3ccc(-c4ccccc4)cc3)c3cccc4c3-c3ccccc3C43c4cc5c(cc4-c4cc6c(cc43)C3CC4CC7CC6CC74C3)C3CC4CC(C3)CC5C4)cc2)cc1. The molecule has 0 saturated heterocycles. The first-order valence-corrected chi connectivity index (χ1v) is 26.8. The molecule has 0 heterocycles. The molecule has 18 rings (SSSR count). The molecule has 1 heteroatoms. The van der Waals surface area contributed by atoms with E-state index in [2.05, 4.69) is 181 Å². The minimum Gasteiger partial charge on any atom is -0.310 e. The fourth-order valence-corrected chi connectivity index (χ4v) is 18.3. The van der Waals surface area contributed by atoms with Gasteiger partial charge in [0.2, 0.25) is 0 Å². The largest absolute Gasteiger partial charge is 0.310 e. The minimum atomic E-state index is -0.399. The van der Waals surface area contributed by atoms with Crippen molar-refractivity contribution < 1.29 is 0 Å². The van der Waals surface area contributed by atoms with Crippen LogP contribution in [0.25, 0.3) is 44.5 Å². The van der Waals surface area contributed by atoms with Crippen molar-refractivity contribution in [3.05, 3.63) is 220 Å². The number of hydrogen-bond acceptors (Lipinski definition) is 1. The molecule has 8 unspecified atom stereocenters. The minimum absolute atomic E-state index is 0.399. The fourth-order valence-electron chi connectivity index (χ4n) is 18.3. The average Bonchev–Trinajstić information content (AvgIpc) is 4.01. The summed E-state index contributed by atoms with van der Waals surface area (Å²) in [5, 5.41) is 0. The lowest BCUT2D eigenvalue weighted by atomic mass is 9.56. The van der Waals surface area contributed by atoms with Crippen LogP contribution in [-0.2, 0) is 5.41 Å². The van der Waals surface area contributed by atoms with Gasteiger partial charge in [0.25, 0.3) is 0 Å². The maximum absolute atomic E-state index is 2.87. The Morgan fingerprint density at radius 3 is 1.41 bits per heavy atom. The van der Waals surface area contributed by atoms with Crippen molar-refractivity contribution >= 4 is 17.1 Å². The molecule has 2 spiro atoms. The summed E-state index contributed by atoms with van der Waals surface area (Å²) in [6, 6.07) is 68.8. The van der Waals surface area contributed by atoms with Gasteiger partial charge in [-0.25, -0.2) is 0 Å². The highest BCUT2D eigenvalue weighted by Crippen LogP contribution is 2.77. The van der Waals surface area contributed by atoms with Gasteiger partial charge in [-0.3, -0.25) is 0 Å². The predicted octanol–water partition coefficient (Wildman–Crippen LogP) is 17.6. The molecule has 0 aliphatic heterocycles. The Labute approximate surface area is 407 Å². The monoisotopic (exact) mass is 887 g/mol. The molecule has 8 aromatic carbocycles. The third-order valence-corrected chi connectivity index (χ3v) is 20.8. The number of nitrogens with zero attached hydrogens (tertiary/aromatic N) is 1. The van der Waals surface area contributed by atoms with E-state index in [1.165, 1.54) is 126 Å². The van der Waals surface area contributed by atoms with Crippen LogP contribution in [0.4, 0.5) is 17.1 Å². The van der Waals surface area contributed by atoms with Gasteiger partial charge in [-0.2, -0.15) is 0 Å². The second-order valence-corrected chi connectivity index (χ2v) is 23.7. The summed E-state index contributed by atoms with van der Waals surface area (Å²) in [5.74, 6) is 6.54. The van der Waals surface area contributed by atoms with E-state index < -0.39 is 5.41 Å². The Morgan fingerprint density at radius 2 is 0.826 bits per heavy atom. The van der Waals surface area contributed by atoms with Crippen molar-refractivity contribution in [3.8, 4) is 44.5 Å². The zero-order chi connectivity index (χ0) is 44.7. The molecule has 0 aromatic heterocycles. The van der Waals surface area contributed by atoms with Crippen molar-refractivity contribution in [1.29, 1.82) is 0 Å². The van der Waals surface area contributed by atoms with Gasteiger partial charge < -0.3 is 4.90 Å². The highest BCUT2D eigenvalue weighted by molar-refractivity contribution is 6.01. The number of hydrogen-bond donors (Lipinski definition) is 0. The van der Waals surface area contributed by atoms with Crippen LogP contribution >= 0.6 is 0 Å². The van der Waals surface area contributed by atoms with E-state index in [0.29, 0.717) is 23.2 Å². The lowest BCUT2D eigenvalue weighted by Crippen LogP contribution is -2.41. The first kappa shape index (κ1) is 38.4. The van der Waals surface area contributed by atoms with Crippen molar-refractivity contribution in [2.24, 2.45) is 29.1 Å². The van der Waals surface area contributed by atoms with E-state index in [4.69, 9.17) is 0 Å². The number of fused-ring (bicyclic) bond motifs is 15. The molecule has 69 heavy (non-hydrogen) atoms. The average molecular weight is 888 g/mol. The van der Waals surface area contributed by atoms with E-state index in [9.17, 15) is 0 Å². The van der Waals surface area contributed by atoms with Gasteiger partial charge in [0.1, 0.15) is 0 Å².